The summed E-state index contributed by atoms with van der Waals surface area (Å²) >= 11 is 0. The number of nitrogens with one attached hydrogen (secondary N) is 1. The quantitative estimate of drug-likeness (QED) is 0.591. The van der Waals surface area contributed by atoms with Gasteiger partial charge in [0.15, 0.2) is 0 Å². The van der Waals surface area contributed by atoms with Gasteiger partial charge in [0.05, 0.1) is 24.7 Å². The van der Waals surface area contributed by atoms with Crippen LogP contribution in [0, 0.1) is 0 Å². The van der Waals surface area contributed by atoms with Crippen molar-refractivity contribution >= 4 is 5.97 Å². The first-order valence-corrected chi connectivity index (χ1v) is 5.51. The predicted octanol–water partition coefficient (Wildman–Crippen LogP) is 0.315. The highest BCUT2D eigenvalue weighted by Gasteiger charge is 2.17. The number of rotatable bonds is 8. The predicted molar refractivity (Wildman–Crippen MR) is 61.2 cm³/mol. The van der Waals surface area contributed by atoms with Crippen molar-refractivity contribution in [3.63, 3.8) is 0 Å². The van der Waals surface area contributed by atoms with Gasteiger partial charge in [0.1, 0.15) is 0 Å². The Balaban J connectivity index is 3.65. The Bertz CT molecular complexity index is 206. The molecule has 0 bridgehead atoms. The topological polar surface area (TPSA) is 67.8 Å². The van der Waals surface area contributed by atoms with Crippen molar-refractivity contribution in [2.75, 3.05) is 26.8 Å². The lowest BCUT2D eigenvalue weighted by atomic mass is 10.1. The summed E-state index contributed by atoms with van der Waals surface area (Å²) in [5, 5.41) is 12.6. The summed E-state index contributed by atoms with van der Waals surface area (Å²) in [5.74, 6) is -0.372. The Morgan fingerprint density at radius 3 is 2.62 bits per heavy atom. The molecule has 0 fully saturated rings. The number of hydrogen-bond acceptors (Lipinski definition) is 5. The molecule has 0 aliphatic rings. The van der Waals surface area contributed by atoms with E-state index in [2.05, 4.69) is 5.32 Å². The smallest absolute Gasteiger partial charge is 0.308 e. The third-order valence-corrected chi connectivity index (χ3v) is 2.19. The van der Waals surface area contributed by atoms with E-state index in [1.807, 2.05) is 13.8 Å². The molecular weight excluding hydrogens is 210 g/mol. The molecule has 0 aromatic carbocycles. The minimum absolute atomic E-state index is 0.0221. The Hall–Kier alpha value is -0.650. The zero-order valence-electron chi connectivity index (χ0n) is 10.6. The van der Waals surface area contributed by atoms with Crippen LogP contribution in [-0.4, -0.2) is 49.6 Å². The summed E-state index contributed by atoms with van der Waals surface area (Å²) in [4.78, 5) is 11.0. The molecule has 0 aromatic heterocycles. The normalized spacial score (nSPS) is 13.6. The van der Waals surface area contributed by atoms with E-state index in [1.165, 1.54) is 0 Å². The number of ether oxygens (including phenoxy) is 2. The van der Waals surface area contributed by atoms with Crippen LogP contribution in [0.25, 0.3) is 0 Å². The Morgan fingerprint density at radius 2 is 2.12 bits per heavy atom. The zero-order valence-corrected chi connectivity index (χ0v) is 10.6. The van der Waals surface area contributed by atoms with Gasteiger partial charge in [0, 0.05) is 20.2 Å². The van der Waals surface area contributed by atoms with Gasteiger partial charge in [0.2, 0.25) is 0 Å². The number of carbonyl (C=O) groups excluding carboxylic acids is 1. The van der Waals surface area contributed by atoms with E-state index in [0.717, 1.165) is 0 Å². The Kier molecular flexibility index (Phi) is 7.29. The van der Waals surface area contributed by atoms with Crippen LogP contribution in [-0.2, 0) is 14.3 Å². The van der Waals surface area contributed by atoms with Crippen molar-refractivity contribution in [3.8, 4) is 0 Å². The van der Waals surface area contributed by atoms with Crippen LogP contribution in [0.2, 0.25) is 0 Å². The Labute approximate surface area is 97.1 Å². The molecule has 0 saturated heterocycles. The van der Waals surface area contributed by atoms with E-state index < -0.39 is 6.10 Å². The third-order valence-electron chi connectivity index (χ3n) is 2.19. The van der Waals surface area contributed by atoms with Gasteiger partial charge in [-0.2, -0.15) is 0 Å². The zero-order chi connectivity index (χ0) is 12.6. The van der Waals surface area contributed by atoms with E-state index in [0.29, 0.717) is 19.7 Å². The minimum atomic E-state index is -0.716. The summed E-state index contributed by atoms with van der Waals surface area (Å²) in [7, 11) is 1.64. The number of aliphatic hydroxyl groups is 1. The molecular formula is C11H23NO4. The van der Waals surface area contributed by atoms with Crippen LogP contribution in [0.15, 0.2) is 0 Å². The second kappa shape index (κ2) is 7.60. The van der Waals surface area contributed by atoms with E-state index in [1.54, 1.807) is 14.0 Å². The van der Waals surface area contributed by atoms with Crippen LogP contribution >= 0.6 is 0 Å². The van der Waals surface area contributed by atoms with E-state index in [4.69, 9.17) is 9.47 Å². The van der Waals surface area contributed by atoms with Gasteiger partial charge in [-0.3, -0.25) is 4.79 Å². The van der Waals surface area contributed by atoms with Crippen molar-refractivity contribution in [2.45, 2.75) is 38.9 Å². The SMILES string of the molecule is CCOC(=O)CC(O)CNCC(C)(C)OC. The Morgan fingerprint density at radius 1 is 1.50 bits per heavy atom. The van der Waals surface area contributed by atoms with E-state index >= 15 is 0 Å². The van der Waals surface area contributed by atoms with Gasteiger partial charge in [-0.1, -0.05) is 0 Å². The van der Waals surface area contributed by atoms with Gasteiger partial charge < -0.3 is 19.9 Å². The van der Waals surface area contributed by atoms with Crippen molar-refractivity contribution in [1.29, 1.82) is 0 Å². The molecule has 5 heteroatoms. The molecule has 0 aliphatic heterocycles. The summed E-state index contributed by atoms with van der Waals surface area (Å²) in [5.41, 5.74) is -0.274. The van der Waals surface area contributed by atoms with Gasteiger partial charge in [-0.05, 0) is 20.8 Å². The number of methoxy groups -OCH3 is 1. The maximum absolute atomic E-state index is 11.0. The summed E-state index contributed by atoms with van der Waals surface area (Å²) in [6.07, 6.45) is -0.694. The number of esters is 1. The lowest BCUT2D eigenvalue weighted by molar-refractivity contribution is -0.145. The summed E-state index contributed by atoms with van der Waals surface area (Å²) in [6.45, 7) is 6.93. The van der Waals surface area contributed by atoms with Crippen LogP contribution in [0.4, 0.5) is 0 Å². The van der Waals surface area contributed by atoms with Gasteiger partial charge >= 0.3 is 5.97 Å². The first-order chi connectivity index (χ1) is 7.41. The van der Waals surface area contributed by atoms with Crippen LogP contribution in [0.1, 0.15) is 27.2 Å². The molecule has 0 rings (SSSR count). The van der Waals surface area contributed by atoms with E-state index in [-0.39, 0.29) is 18.0 Å². The van der Waals surface area contributed by atoms with Crippen molar-refractivity contribution in [3.05, 3.63) is 0 Å². The molecule has 1 atom stereocenters. The molecule has 0 amide bonds. The maximum atomic E-state index is 11.0. The van der Waals surface area contributed by atoms with Crippen LogP contribution < -0.4 is 5.32 Å². The van der Waals surface area contributed by atoms with Gasteiger partial charge in [-0.15, -0.1) is 0 Å². The molecule has 16 heavy (non-hydrogen) atoms. The van der Waals surface area contributed by atoms with Crippen LogP contribution in [0.3, 0.4) is 0 Å². The number of carbonyl (C=O) groups is 1. The maximum Gasteiger partial charge on any atom is 0.308 e. The molecule has 2 N–H and O–H groups in total. The lowest BCUT2D eigenvalue weighted by Crippen LogP contribution is -2.40. The molecule has 0 saturated carbocycles. The monoisotopic (exact) mass is 233 g/mol. The minimum Gasteiger partial charge on any atom is -0.466 e. The number of hydrogen-bond donors (Lipinski definition) is 2. The first kappa shape index (κ1) is 15.3. The molecule has 0 heterocycles. The van der Waals surface area contributed by atoms with Crippen molar-refractivity contribution in [2.24, 2.45) is 0 Å². The highest BCUT2D eigenvalue weighted by molar-refractivity contribution is 5.69. The average molecular weight is 233 g/mol. The second-order valence-corrected chi connectivity index (χ2v) is 4.26. The standard InChI is InChI=1S/C11H23NO4/c1-5-16-10(14)6-9(13)7-12-8-11(2,3)15-4/h9,12-13H,5-8H2,1-4H3. The molecule has 0 spiro atoms. The molecule has 5 nitrogen and oxygen atoms in total. The fraction of sp³-hybridized carbons (Fsp3) is 0.909. The third kappa shape index (κ3) is 7.62. The van der Waals surface area contributed by atoms with E-state index in [9.17, 15) is 9.90 Å². The molecule has 96 valence electrons. The fourth-order valence-electron chi connectivity index (χ4n) is 1.10. The highest BCUT2D eigenvalue weighted by atomic mass is 16.5. The van der Waals surface area contributed by atoms with Crippen molar-refractivity contribution in [1.82, 2.24) is 5.32 Å². The average Bonchev–Trinajstić information content (AvgIpc) is 2.17. The molecule has 1 unspecified atom stereocenters. The molecule has 0 radical (unpaired) electrons. The van der Waals surface area contributed by atoms with Crippen molar-refractivity contribution < 1.29 is 19.4 Å². The lowest BCUT2D eigenvalue weighted by Gasteiger charge is -2.23. The second-order valence-electron chi connectivity index (χ2n) is 4.26. The van der Waals surface area contributed by atoms with Gasteiger partial charge in [-0.25, -0.2) is 0 Å². The largest absolute Gasteiger partial charge is 0.466 e. The summed E-state index contributed by atoms with van der Waals surface area (Å²) in [6, 6.07) is 0. The molecule has 0 aliphatic carbocycles. The fourth-order valence-corrected chi connectivity index (χ4v) is 1.10. The van der Waals surface area contributed by atoms with Crippen LogP contribution in [0.5, 0.6) is 0 Å². The highest BCUT2D eigenvalue weighted by Crippen LogP contribution is 2.04. The van der Waals surface area contributed by atoms with Gasteiger partial charge in [0.25, 0.3) is 0 Å². The number of aliphatic hydroxyl groups excluding tert-OH is 1. The summed E-state index contributed by atoms with van der Waals surface area (Å²) < 4.78 is 9.93. The first-order valence-electron chi connectivity index (χ1n) is 5.51. The molecule has 0 aromatic rings.